The Balaban J connectivity index is 6.69. The number of halogens is 18. The lowest BCUT2D eigenvalue weighted by molar-refractivity contribution is -0.461. The predicted octanol–water partition coefficient (Wildman–Crippen LogP) is 7.14. The van der Waals surface area contributed by atoms with Crippen LogP contribution in [-0.2, 0) is 9.53 Å². The Morgan fingerprint density at radius 3 is 1.21 bits per heavy atom. The van der Waals surface area contributed by atoms with Crippen molar-refractivity contribution in [1.82, 2.24) is 0 Å². The van der Waals surface area contributed by atoms with Crippen molar-refractivity contribution in [1.29, 1.82) is 0 Å². The van der Waals surface area contributed by atoms with Gasteiger partial charge in [0.1, 0.15) is 3.42 Å². The van der Waals surface area contributed by atoms with Crippen LogP contribution in [0.15, 0.2) is 0 Å². The molecule has 0 aromatic rings. The Hall–Kier alpha value is -0.990. The predicted molar refractivity (Wildman–Crippen MR) is 84.4 cm³/mol. The van der Waals surface area contributed by atoms with E-state index in [1.807, 2.05) is 0 Å². The van der Waals surface area contributed by atoms with Gasteiger partial charge < -0.3 is 4.74 Å². The van der Waals surface area contributed by atoms with E-state index < -0.39 is 70.1 Å². The summed E-state index contributed by atoms with van der Waals surface area (Å²) in [4.78, 5) is 11.5. The maximum atomic E-state index is 13.9. The van der Waals surface area contributed by atoms with Crippen LogP contribution in [0.25, 0.3) is 0 Å². The molecule has 0 radical (unpaired) electrons. The maximum Gasteiger partial charge on any atom is 0.460 e. The Morgan fingerprint density at radius 1 is 0.618 bits per heavy atom. The van der Waals surface area contributed by atoms with Gasteiger partial charge in [0, 0.05) is 6.42 Å². The van der Waals surface area contributed by atoms with Gasteiger partial charge in [0.25, 0.3) is 0 Å². The molecule has 0 amide bonds. The number of alkyl halides is 18. The van der Waals surface area contributed by atoms with E-state index in [1.165, 1.54) is 0 Å². The maximum absolute atomic E-state index is 13.9. The van der Waals surface area contributed by atoms with Gasteiger partial charge in [-0.25, -0.2) is 0 Å². The summed E-state index contributed by atoms with van der Waals surface area (Å²) in [5, 5.41) is 0. The Morgan fingerprint density at radius 2 is 0.912 bits per heavy atom. The molecule has 0 fully saturated rings. The molecule has 204 valence electrons. The zero-order chi connectivity index (χ0) is 28.2. The van der Waals surface area contributed by atoms with E-state index in [-0.39, 0.29) is 0 Å². The van der Waals surface area contributed by atoms with Crippen LogP contribution >= 0.6 is 22.6 Å². The minimum Gasteiger partial charge on any atom is -0.465 e. The molecule has 0 aliphatic rings. The lowest BCUT2D eigenvalue weighted by Gasteiger charge is -2.43. The summed E-state index contributed by atoms with van der Waals surface area (Å²) >= 11 is 0.575. The number of carbonyl (C=O) groups is 1. The van der Waals surface area contributed by atoms with Crippen LogP contribution in [0.2, 0.25) is 0 Å². The second-order valence-electron chi connectivity index (χ2n) is 6.74. The largest absolute Gasteiger partial charge is 0.465 e. The summed E-state index contributed by atoms with van der Waals surface area (Å²) in [6.07, 6.45) is -10.7. The smallest absolute Gasteiger partial charge is 0.460 e. The van der Waals surface area contributed by atoms with E-state index in [0.29, 0.717) is 29.5 Å². The standard InChI is InChI=1S/C14H10F17IO2/c1-3-34-5(33)6(2,32)4-7(15,16)8(17,18)9(19,20)10(21,22)11(23,24)12(25,26)13(27,28)14(29,30)31/h3-4H2,1-2H3. The first-order valence-electron chi connectivity index (χ1n) is 8.01. The summed E-state index contributed by atoms with van der Waals surface area (Å²) < 4.78 is 225. The molecule has 2 nitrogen and oxygen atoms in total. The van der Waals surface area contributed by atoms with E-state index in [0.717, 1.165) is 6.92 Å². The van der Waals surface area contributed by atoms with E-state index in [9.17, 15) is 79.4 Å². The highest BCUT2D eigenvalue weighted by atomic mass is 127. The van der Waals surface area contributed by atoms with Crippen LogP contribution in [0, 0.1) is 0 Å². The third kappa shape index (κ3) is 4.71. The Labute approximate surface area is 191 Å². The van der Waals surface area contributed by atoms with Gasteiger partial charge in [0.05, 0.1) is 6.61 Å². The summed E-state index contributed by atoms with van der Waals surface area (Å²) in [6.45, 7) is 0.700. The van der Waals surface area contributed by atoms with Gasteiger partial charge in [0.15, 0.2) is 0 Å². The van der Waals surface area contributed by atoms with Crippen molar-refractivity contribution in [3.8, 4) is 0 Å². The minimum absolute atomic E-state index is 0.290. The van der Waals surface area contributed by atoms with Gasteiger partial charge >= 0.3 is 53.6 Å². The number of hydrogen-bond donors (Lipinski definition) is 0. The summed E-state index contributed by atoms with van der Waals surface area (Å²) in [7, 11) is 0. The van der Waals surface area contributed by atoms with Gasteiger partial charge in [-0.3, -0.25) is 4.79 Å². The number of rotatable bonds is 10. The van der Waals surface area contributed by atoms with Crippen LogP contribution in [0.4, 0.5) is 74.6 Å². The van der Waals surface area contributed by atoms with Crippen molar-refractivity contribution in [2.75, 3.05) is 6.61 Å². The van der Waals surface area contributed by atoms with Crippen LogP contribution in [0.1, 0.15) is 20.3 Å². The summed E-state index contributed by atoms with van der Waals surface area (Å²) in [6, 6.07) is 0. The van der Waals surface area contributed by atoms with E-state index >= 15 is 0 Å². The van der Waals surface area contributed by atoms with Gasteiger partial charge in [-0.15, -0.1) is 0 Å². The molecule has 0 N–H and O–H groups in total. The molecule has 0 heterocycles. The molecule has 0 bridgehead atoms. The third-order valence-electron chi connectivity index (χ3n) is 4.04. The molecular weight excluding hydrogens is 650 g/mol. The minimum atomic E-state index is -8.68. The van der Waals surface area contributed by atoms with Crippen LogP contribution in [0.5, 0.6) is 0 Å². The third-order valence-corrected chi connectivity index (χ3v) is 4.86. The number of esters is 1. The number of carbonyl (C=O) groups excluding carboxylic acids is 1. The van der Waals surface area contributed by atoms with Crippen molar-refractivity contribution in [3.05, 3.63) is 0 Å². The first-order chi connectivity index (χ1) is 14.4. The first-order valence-corrected chi connectivity index (χ1v) is 9.09. The molecule has 34 heavy (non-hydrogen) atoms. The monoisotopic (exact) mass is 660 g/mol. The average Bonchev–Trinajstić information content (AvgIpc) is 2.58. The second kappa shape index (κ2) is 8.84. The van der Waals surface area contributed by atoms with Crippen molar-refractivity contribution >= 4 is 28.6 Å². The normalized spacial score (nSPS) is 17.4. The van der Waals surface area contributed by atoms with Crippen molar-refractivity contribution in [2.24, 2.45) is 0 Å². The second-order valence-corrected chi connectivity index (χ2v) is 9.12. The lowest BCUT2D eigenvalue weighted by Crippen LogP contribution is -2.74. The zero-order valence-corrected chi connectivity index (χ0v) is 18.2. The number of hydrogen-bond acceptors (Lipinski definition) is 2. The quantitative estimate of drug-likeness (QED) is 0.108. The first kappa shape index (κ1) is 33.0. The molecule has 0 spiro atoms. The summed E-state index contributed by atoms with van der Waals surface area (Å²) in [5.41, 5.74) is 0. The topological polar surface area (TPSA) is 26.3 Å². The molecule has 1 atom stereocenters. The zero-order valence-electron chi connectivity index (χ0n) is 16.0. The molecule has 0 aromatic heterocycles. The van der Waals surface area contributed by atoms with Gasteiger partial charge in [-0.05, 0) is 13.8 Å². The van der Waals surface area contributed by atoms with Crippen molar-refractivity contribution < 1.29 is 84.2 Å². The molecule has 0 saturated carbocycles. The molecule has 1 unspecified atom stereocenters. The molecular formula is C14H10F17IO2. The van der Waals surface area contributed by atoms with Gasteiger partial charge in [-0.2, -0.15) is 74.6 Å². The van der Waals surface area contributed by atoms with Crippen molar-refractivity contribution in [3.63, 3.8) is 0 Å². The van der Waals surface area contributed by atoms with E-state index in [4.69, 9.17) is 0 Å². The Bertz CT molecular complexity index is 756. The van der Waals surface area contributed by atoms with Gasteiger partial charge in [0.2, 0.25) is 0 Å². The SMILES string of the molecule is CCOC(=O)C(C)(I)CC(F)(F)C(F)(F)C(F)(F)C(F)(F)C(F)(F)C(F)(F)C(F)(F)C(F)(F)F. The lowest BCUT2D eigenvalue weighted by atomic mass is 9.86. The van der Waals surface area contributed by atoms with Gasteiger partial charge in [-0.1, -0.05) is 22.6 Å². The summed E-state index contributed by atoms with van der Waals surface area (Å²) in [5.74, 6) is -58.8. The van der Waals surface area contributed by atoms with Crippen molar-refractivity contribution in [2.45, 2.75) is 71.3 Å². The highest BCUT2D eigenvalue weighted by Crippen LogP contribution is 2.64. The number of ether oxygens (including phenoxy) is 1. The van der Waals surface area contributed by atoms with E-state index in [2.05, 4.69) is 4.74 Å². The molecule has 0 aliphatic heterocycles. The van der Waals surface area contributed by atoms with E-state index in [1.54, 1.807) is 0 Å². The average molecular weight is 660 g/mol. The fourth-order valence-electron chi connectivity index (χ4n) is 2.08. The van der Waals surface area contributed by atoms with Crippen LogP contribution in [0.3, 0.4) is 0 Å². The van der Waals surface area contributed by atoms with Crippen LogP contribution < -0.4 is 0 Å². The molecule has 0 aliphatic carbocycles. The molecule has 0 aromatic carbocycles. The highest BCUT2D eigenvalue weighted by molar-refractivity contribution is 14.1. The molecule has 20 heteroatoms. The fraction of sp³-hybridized carbons (Fsp3) is 0.929. The Kier molecular flexibility index (Phi) is 8.58. The molecule has 0 rings (SSSR count). The highest BCUT2D eigenvalue weighted by Gasteiger charge is 2.95. The van der Waals surface area contributed by atoms with Crippen LogP contribution in [-0.4, -0.2) is 63.6 Å². The fourth-order valence-corrected chi connectivity index (χ4v) is 2.71. The molecule has 0 saturated heterocycles.